The Kier molecular flexibility index (Phi) is 8.07. The summed E-state index contributed by atoms with van der Waals surface area (Å²) < 4.78 is 0. The van der Waals surface area contributed by atoms with Crippen molar-refractivity contribution in [3.05, 3.63) is 0 Å². The fourth-order valence-corrected chi connectivity index (χ4v) is 3.51. The van der Waals surface area contributed by atoms with Crippen LogP contribution in [0.4, 0.5) is 0 Å². The van der Waals surface area contributed by atoms with E-state index < -0.39 is 29.3 Å². The molecule has 7 nitrogen and oxygen atoms in total. The minimum absolute atomic E-state index is 0.0999. The normalized spacial score (nSPS) is 15.5. The van der Waals surface area contributed by atoms with E-state index in [4.69, 9.17) is 21.7 Å². The lowest BCUT2D eigenvalue weighted by Gasteiger charge is -2.22. The maximum Gasteiger partial charge on any atom is 0.332 e. The number of nitrogens with two attached hydrogens (primary N) is 2. The van der Waals surface area contributed by atoms with Crippen LogP contribution in [-0.4, -0.2) is 51.0 Å². The number of carbonyl (C=O) groups excluding carboxylic acids is 1. The Balaban J connectivity index is 4.34. The quantitative estimate of drug-likeness (QED) is 0.247. The molecule has 0 bridgehead atoms. The van der Waals surface area contributed by atoms with Gasteiger partial charge in [-0.1, -0.05) is 28.5 Å². The molecule has 0 radical (unpaired) electrons. The maximum absolute atomic E-state index is 11.7. The van der Waals surface area contributed by atoms with Gasteiger partial charge in [0.25, 0.3) is 0 Å². The molecule has 110 valence electrons. The second-order valence-corrected chi connectivity index (χ2v) is 6.45. The number of carboxylic acids is 2. The predicted molar refractivity (Wildman–Crippen MR) is 75.0 cm³/mol. The molecule has 6 N–H and O–H groups in total. The van der Waals surface area contributed by atoms with E-state index in [1.807, 2.05) is 0 Å². The highest BCUT2D eigenvalue weighted by Crippen LogP contribution is 2.26. The van der Waals surface area contributed by atoms with E-state index in [-0.39, 0.29) is 17.9 Å². The van der Waals surface area contributed by atoms with Gasteiger partial charge in [-0.3, -0.25) is 9.59 Å². The molecule has 0 aliphatic carbocycles. The first-order chi connectivity index (χ1) is 8.75. The number of Topliss-reactive ketones (excluding diaryl/α,β-unsaturated/α-hetero) is 1. The minimum atomic E-state index is -1.93. The SMILES string of the molecule is CCCC(=O)C(N)(CSSCC(N)C(=O)O)C(=O)O. The van der Waals surface area contributed by atoms with Crippen LogP contribution in [0.5, 0.6) is 0 Å². The molecule has 0 saturated carbocycles. The van der Waals surface area contributed by atoms with E-state index in [2.05, 4.69) is 0 Å². The summed E-state index contributed by atoms with van der Waals surface area (Å²) in [5.74, 6) is -3.05. The van der Waals surface area contributed by atoms with Gasteiger partial charge in [0, 0.05) is 17.9 Å². The molecule has 0 amide bonds. The van der Waals surface area contributed by atoms with Crippen molar-refractivity contribution < 1.29 is 24.6 Å². The number of ketones is 1. The Morgan fingerprint density at radius 1 is 1.26 bits per heavy atom. The summed E-state index contributed by atoms with van der Waals surface area (Å²) in [5.41, 5.74) is 8.97. The molecule has 0 heterocycles. The van der Waals surface area contributed by atoms with Crippen LogP contribution in [0.25, 0.3) is 0 Å². The van der Waals surface area contributed by atoms with E-state index >= 15 is 0 Å². The smallest absolute Gasteiger partial charge is 0.332 e. The van der Waals surface area contributed by atoms with Gasteiger partial charge in [0.2, 0.25) is 0 Å². The molecular weight excluding hydrogens is 292 g/mol. The van der Waals surface area contributed by atoms with Gasteiger partial charge in [-0.15, -0.1) is 0 Å². The summed E-state index contributed by atoms with van der Waals surface area (Å²) >= 11 is 0. The first kappa shape index (κ1) is 18.2. The molecule has 0 aromatic rings. The molecular formula is C10H18N2O5S2. The average molecular weight is 310 g/mol. The Labute approximate surface area is 118 Å². The molecule has 9 heteroatoms. The molecule has 0 aromatic heterocycles. The Morgan fingerprint density at radius 2 is 1.84 bits per heavy atom. The third-order valence-corrected chi connectivity index (χ3v) is 4.79. The Hall–Kier alpha value is -0.770. The predicted octanol–water partition coefficient (Wildman–Crippen LogP) is -0.0690. The fraction of sp³-hybridized carbons (Fsp3) is 0.700. The zero-order valence-corrected chi connectivity index (χ0v) is 12.1. The highest BCUT2D eigenvalue weighted by molar-refractivity contribution is 8.76. The summed E-state index contributed by atoms with van der Waals surface area (Å²) in [6.45, 7) is 1.76. The van der Waals surface area contributed by atoms with Crippen LogP contribution >= 0.6 is 21.6 Å². The standard InChI is InChI=1S/C10H18N2O5S2/c1-2-3-7(13)10(12,9(16)17)5-19-18-4-6(11)8(14)15/h6H,2-5,11-12H2,1H3,(H,14,15)(H,16,17). The third-order valence-electron chi connectivity index (χ3n) is 2.29. The molecule has 0 aromatic carbocycles. The zero-order valence-electron chi connectivity index (χ0n) is 10.5. The van der Waals surface area contributed by atoms with Gasteiger partial charge in [-0.2, -0.15) is 0 Å². The van der Waals surface area contributed by atoms with E-state index in [1.54, 1.807) is 6.92 Å². The molecule has 0 fully saturated rings. The highest BCUT2D eigenvalue weighted by Gasteiger charge is 2.41. The zero-order chi connectivity index (χ0) is 15.1. The topological polar surface area (TPSA) is 144 Å². The first-order valence-electron chi connectivity index (χ1n) is 5.54. The van der Waals surface area contributed by atoms with E-state index in [0.717, 1.165) is 21.6 Å². The van der Waals surface area contributed by atoms with E-state index in [1.165, 1.54) is 0 Å². The van der Waals surface area contributed by atoms with Crippen LogP contribution in [-0.2, 0) is 14.4 Å². The van der Waals surface area contributed by atoms with Crippen molar-refractivity contribution in [3.8, 4) is 0 Å². The van der Waals surface area contributed by atoms with Crippen LogP contribution in [0.15, 0.2) is 0 Å². The maximum atomic E-state index is 11.7. The van der Waals surface area contributed by atoms with Crippen molar-refractivity contribution >= 4 is 39.3 Å². The number of rotatable bonds is 10. The van der Waals surface area contributed by atoms with E-state index in [9.17, 15) is 14.4 Å². The van der Waals surface area contributed by atoms with Crippen LogP contribution in [0.2, 0.25) is 0 Å². The van der Waals surface area contributed by atoms with E-state index in [0.29, 0.717) is 6.42 Å². The third kappa shape index (κ3) is 5.81. The van der Waals surface area contributed by atoms with Crippen molar-refractivity contribution in [2.45, 2.75) is 31.3 Å². The summed E-state index contributed by atoms with van der Waals surface area (Å²) in [6, 6.07) is -1.03. The number of carboxylic acid groups (broad SMARTS) is 2. The molecule has 0 aliphatic heterocycles. The number of carbonyl (C=O) groups is 3. The molecule has 2 unspecified atom stereocenters. The second kappa shape index (κ2) is 8.41. The van der Waals surface area contributed by atoms with Gasteiger partial charge >= 0.3 is 11.9 Å². The summed E-state index contributed by atoms with van der Waals surface area (Å²) in [4.78, 5) is 33.3. The molecule has 0 rings (SSSR count). The van der Waals surface area contributed by atoms with Crippen molar-refractivity contribution in [2.24, 2.45) is 11.5 Å². The lowest BCUT2D eigenvalue weighted by molar-refractivity contribution is -0.147. The van der Waals surface area contributed by atoms with Crippen molar-refractivity contribution in [3.63, 3.8) is 0 Å². The summed E-state index contributed by atoms with van der Waals surface area (Å²) in [5, 5.41) is 17.6. The summed E-state index contributed by atoms with van der Waals surface area (Å²) in [6.07, 6.45) is 0.620. The molecule has 0 saturated heterocycles. The molecule has 2 atom stereocenters. The van der Waals surface area contributed by atoms with Crippen molar-refractivity contribution in [1.82, 2.24) is 0 Å². The average Bonchev–Trinajstić information content (AvgIpc) is 2.33. The lowest BCUT2D eigenvalue weighted by Crippen LogP contribution is -2.57. The van der Waals surface area contributed by atoms with Gasteiger partial charge < -0.3 is 21.7 Å². The van der Waals surface area contributed by atoms with Crippen molar-refractivity contribution in [1.29, 1.82) is 0 Å². The number of hydrogen-bond acceptors (Lipinski definition) is 7. The molecule has 0 spiro atoms. The fourth-order valence-electron chi connectivity index (χ4n) is 1.04. The van der Waals surface area contributed by atoms with Gasteiger partial charge in [-0.05, 0) is 6.42 Å². The minimum Gasteiger partial charge on any atom is -0.480 e. The second-order valence-electron chi connectivity index (χ2n) is 3.94. The van der Waals surface area contributed by atoms with Crippen LogP contribution in [0.3, 0.4) is 0 Å². The van der Waals surface area contributed by atoms with Crippen LogP contribution in [0, 0.1) is 0 Å². The van der Waals surface area contributed by atoms with Crippen LogP contribution < -0.4 is 11.5 Å². The summed E-state index contributed by atoms with van der Waals surface area (Å²) in [7, 11) is 2.12. The Bertz CT molecular complexity index is 353. The van der Waals surface area contributed by atoms with Crippen molar-refractivity contribution in [2.75, 3.05) is 11.5 Å². The Morgan fingerprint density at radius 3 is 2.26 bits per heavy atom. The van der Waals surface area contributed by atoms with Gasteiger partial charge in [0.05, 0.1) is 0 Å². The number of hydrogen-bond donors (Lipinski definition) is 4. The monoisotopic (exact) mass is 310 g/mol. The molecule has 0 aliphatic rings. The highest BCUT2D eigenvalue weighted by atomic mass is 33.1. The van der Waals surface area contributed by atoms with Crippen LogP contribution in [0.1, 0.15) is 19.8 Å². The largest absolute Gasteiger partial charge is 0.480 e. The number of aliphatic carboxylic acids is 2. The first-order valence-corrected chi connectivity index (χ1v) is 8.02. The van der Waals surface area contributed by atoms with Gasteiger partial charge in [-0.25, -0.2) is 4.79 Å². The lowest BCUT2D eigenvalue weighted by atomic mass is 9.95. The van der Waals surface area contributed by atoms with Gasteiger partial charge in [0.1, 0.15) is 6.04 Å². The van der Waals surface area contributed by atoms with Gasteiger partial charge in [0.15, 0.2) is 11.3 Å². The molecule has 19 heavy (non-hydrogen) atoms.